The molecular weight excluding hydrogens is 296 g/mol. The lowest BCUT2D eigenvalue weighted by Crippen LogP contribution is -2.43. The lowest BCUT2D eigenvalue weighted by molar-refractivity contribution is -0.158. The average Bonchev–Trinajstić information content (AvgIpc) is 2.71. The van der Waals surface area contributed by atoms with Gasteiger partial charge in [0.1, 0.15) is 16.5 Å². The summed E-state index contributed by atoms with van der Waals surface area (Å²) in [6, 6.07) is -1.34. The quantitative estimate of drug-likeness (QED) is 0.795. The summed E-state index contributed by atoms with van der Waals surface area (Å²) in [5.41, 5.74) is 1.30. The van der Waals surface area contributed by atoms with Crippen molar-refractivity contribution in [1.29, 1.82) is 0 Å². The van der Waals surface area contributed by atoms with Gasteiger partial charge in [-0.15, -0.1) is 11.3 Å². The highest BCUT2D eigenvalue weighted by Gasteiger charge is 2.27. The maximum absolute atomic E-state index is 12.0. The van der Waals surface area contributed by atoms with E-state index in [4.69, 9.17) is 9.84 Å². The summed E-state index contributed by atoms with van der Waals surface area (Å²) in [6.45, 7) is 6.69. The SMILES string of the molecule is Cc1ncsc1C(=O)N[C@@H](CC(=O)OC(C)(C)C)C(=O)O. The highest BCUT2D eigenvalue weighted by Crippen LogP contribution is 2.13. The highest BCUT2D eigenvalue weighted by atomic mass is 32.1. The number of amides is 1. The van der Waals surface area contributed by atoms with Crippen LogP contribution in [-0.4, -0.2) is 39.6 Å². The number of esters is 1. The molecule has 0 saturated carbocycles. The molecule has 0 radical (unpaired) electrons. The number of hydrogen-bond donors (Lipinski definition) is 2. The zero-order chi connectivity index (χ0) is 16.2. The second-order valence-corrected chi connectivity index (χ2v) is 6.28. The second-order valence-electron chi connectivity index (χ2n) is 5.42. The van der Waals surface area contributed by atoms with Crippen molar-refractivity contribution in [2.24, 2.45) is 0 Å². The summed E-state index contributed by atoms with van der Waals surface area (Å²) in [5.74, 6) is -2.54. The van der Waals surface area contributed by atoms with Crippen LogP contribution in [0.5, 0.6) is 0 Å². The van der Waals surface area contributed by atoms with Crippen molar-refractivity contribution in [2.45, 2.75) is 45.8 Å². The van der Waals surface area contributed by atoms with Crippen molar-refractivity contribution in [1.82, 2.24) is 10.3 Å². The molecule has 116 valence electrons. The summed E-state index contributed by atoms with van der Waals surface area (Å²) < 4.78 is 5.05. The predicted molar refractivity (Wildman–Crippen MR) is 76.2 cm³/mol. The van der Waals surface area contributed by atoms with Crippen LogP contribution in [0.1, 0.15) is 42.6 Å². The molecule has 0 bridgehead atoms. The van der Waals surface area contributed by atoms with Gasteiger partial charge >= 0.3 is 11.9 Å². The van der Waals surface area contributed by atoms with Crippen molar-refractivity contribution in [3.8, 4) is 0 Å². The standard InChI is InChI=1S/C13H18N2O5S/c1-7-10(21-6-14-7)11(17)15-8(12(18)19)5-9(16)20-13(2,3)4/h6,8H,5H2,1-4H3,(H,15,17)(H,18,19)/t8-/m0/s1. The molecule has 1 rings (SSSR count). The van der Waals surface area contributed by atoms with E-state index in [9.17, 15) is 14.4 Å². The van der Waals surface area contributed by atoms with Crippen LogP contribution in [0.4, 0.5) is 0 Å². The van der Waals surface area contributed by atoms with Crippen molar-refractivity contribution in [2.75, 3.05) is 0 Å². The lowest BCUT2D eigenvalue weighted by atomic mass is 10.1. The van der Waals surface area contributed by atoms with Gasteiger partial charge in [0.2, 0.25) is 0 Å². The Kier molecular flexibility index (Phi) is 5.42. The number of carbonyl (C=O) groups excluding carboxylic acids is 2. The number of ether oxygens (including phenoxy) is 1. The third kappa shape index (κ3) is 5.50. The molecule has 21 heavy (non-hydrogen) atoms. The van der Waals surface area contributed by atoms with Crippen LogP contribution in [0.3, 0.4) is 0 Å². The number of carboxylic acids is 1. The molecular formula is C13H18N2O5S. The first-order valence-electron chi connectivity index (χ1n) is 6.26. The third-order valence-corrected chi connectivity index (χ3v) is 3.27. The van der Waals surface area contributed by atoms with Crippen molar-refractivity contribution >= 4 is 29.2 Å². The molecule has 1 atom stereocenters. The number of nitrogens with one attached hydrogen (secondary N) is 1. The number of carbonyl (C=O) groups is 3. The van der Waals surface area contributed by atoms with E-state index in [1.54, 1.807) is 27.7 Å². The van der Waals surface area contributed by atoms with Gasteiger partial charge in [-0.25, -0.2) is 9.78 Å². The van der Waals surface area contributed by atoms with Crippen molar-refractivity contribution in [3.05, 3.63) is 16.1 Å². The number of carboxylic acid groups (broad SMARTS) is 1. The van der Waals surface area contributed by atoms with Crippen LogP contribution < -0.4 is 5.32 Å². The monoisotopic (exact) mass is 314 g/mol. The van der Waals surface area contributed by atoms with Gasteiger partial charge in [0.25, 0.3) is 5.91 Å². The Balaban J connectivity index is 2.71. The zero-order valence-electron chi connectivity index (χ0n) is 12.3. The fraction of sp³-hybridized carbons (Fsp3) is 0.538. The number of hydrogen-bond acceptors (Lipinski definition) is 6. The molecule has 0 aromatic carbocycles. The van der Waals surface area contributed by atoms with Crippen LogP contribution in [0.2, 0.25) is 0 Å². The largest absolute Gasteiger partial charge is 0.480 e. The fourth-order valence-corrected chi connectivity index (χ4v) is 2.20. The first-order chi connectivity index (χ1) is 9.60. The minimum atomic E-state index is -1.34. The van der Waals surface area contributed by atoms with E-state index in [0.717, 1.165) is 11.3 Å². The maximum Gasteiger partial charge on any atom is 0.326 e. The molecule has 7 nitrogen and oxygen atoms in total. The van der Waals surface area contributed by atoms with Gasteiger partial charge in [0.05, 0.1) is 17.6 Å². The Labute approximate surface area is 126 Å². The molecule has 0 fully saturated rings. The van der Waals surface area contributed by atoms with Crippen LogP contribution >= 0.6 is 11.3 Å². The Morgan fingerprint density at radius 2 is 2.05 bits per heavy atom. The number of nitrogens with zero attached hydrogens (tertiary/aromatic N) is 1. The van der Waals surface area contributed by atoms with Gasteiger partial charge in [0.15, 0.2) is 0 Å². The summed E-state index contributed by atoms with van der Waals surface area (Å²) in [6.07, 6.45) is -0.434. The van der Waals surface area contributed by atoms with Gasteiger partial charge in [-0.05, 0) is 27.7 Å². The van der Waals surface area contributed by atoms with Crippen LogP contribution in [0.25, 0.3) is 0 Å². The Morgan fingerprint density at radius 1 is 1.43 bits per heavy atom. The first kappa shape index (κ1) is 17.1. The molecule has 0 spiro atoms. The molecule has 2 N–H and O–H groups in total. The fourth-order valence-electron chi connectivity index (χ4n) is 1.49. The number of rotatable bonds is 5. The number of aryl methyl sites for hydroxylation is 1. The highest BCUT2D eigenvalue weighted by molar-refractivity contribution is 7.11. The van der Waals surface area contributed by atoms with E-state index < -0.39 is 35.9 Å². The number of aliphatic carboxylic acids is 1. The van der Waals surface area contributed by atoms with Crippen LogP contribution in [0.15, 0.2) is 5.51 Å². The maximum atomic E-state index is 12.0. The van der Waals surface area contributed by atoms with Gasteiger partial charge in [-0.3, -0.25) is 9.59 Å². The summed E-state index contributed by atoms with van der Waals surface area (Å²) >= 11 is 1.11. The predicted octanol–water partition coefficient (Wildman–Crippen LogP) is 1.37. The molecule has 1 heterocycles. The zero-order valence-corrected chi connectivity index (χ0v) is 13.1. The molecule has 1 amide bonds. The lowest BCUT2D eigenvalue weighted by Gasteiger charge is -2.21. The van der Waals surface area contributed by atoms with E-state index >= 15 is 0 Å². The normalized spacial score (nSPS) is 12.6. The van der Waals surface area contributed by atoms with Gasteiger partial charge in [0, 0.05) is 0 Å². The van der Waals surface area contributed by atoms with E-state index in [2.05, 4.69) is 10.3 Å². The molecule has 0 unspecified atom stereocenters. The Morgan fingerprint density at radius 3 is 2.48 bits per heavy atom. The molecule has 0 saturated heterocycles. The molecule has 0 aliphatic rings. The minimum Gasteiger partial charge on any atom is -0.480 e. The van der Waals surface area contributed by atoms with Gasteiger partial charge in [-0.2, -0.15) is 0 Å². The van der Waals surface area contributed by atoms with E-state index in [0.29, 0.717) is 10.6 Å². The molecule has 0 aliphatic carbocycles. The minimum absolute atomic E-state index is 0.324. The second kappa shape index (κ2) is 6.66. The summed E-state index contributed by atoms with van der Waals surface area (Å²) in [5, 5.41) is 11.4. The Hall–Kier alpha value is -1.96. The van der Waals surface area contributed by atoms with E-state index in [1.165, 1.54) is 5.51 Å². The number of aromatic nitrogens is 1. The molecule has 1 aromatic heterocycles. The average molecular weight is 314 g/mol. The summed E-state index contributed by atoms with van der Waals surface area (Å²) in [7, 11) is 0. The summed E-state index contributed by atoms with van der Waals surface area (Å²) in [4.78, 5) is 39.0. The number of thiazole rings is 1. The smallest absolute Gasteiger partial charge is 0.326 e. The van der Waals surface area contributed by atoms with Crippen molar-refractivity contribution < 1.29 is 24.2 Å². The topological polar surface area (TPSA) is 106 Å². The van der Waals surface area contributed by atoms with Gasteiger partial charge in [-0.1, -0.05) is 0 Å². The van der Waals surface area contributed by atoms with E-state index in [1.807, 2.05) is 0 Å². The third-order valence-electron chi connectivity index (χ3n) is 2.35. The molecule has 0 aliphatic heterocycles. The van der Waals surface area contributed by atoms with E-state index in [-0.39, 0.29) is 0 Å². The van der Waals surface area contributed by atoms with Gasteiger partial charge < -0.3 is 15.2 Å². The van der Waals surface area contributed by atoms with Crippen molar-refractivity contribution in [3.63, 3.8) is 0 Å². The van der Waals surface area contributed by atoms with Crippen LogP contribution in [0, 0.1) is 6.92 Å². The molecule has 8 heteroatoms. The molecule has 1 aromatic rings. The van der Waals surface area contributed by atoms with Crippen LogP contribution in [-0.2, 0) is 14.3 Å². The Bertz CT molecular complexity index is 547. The first-order valence-corrected chi connectivity index (χ1v) is 7.13.